The molecule has 110 valence electrons. The van der Waals surface area contributed by atoms with Gasteiger partial charge in [0.2, 0.25) is 5.91 Å². The third-order valence-electron chi connectivity index (χ3n) is 2.63. The molecule has 0 aliphatic rings. The van der Waals surface area contributed by atoms with Gasteiger partial charge in [-0.25, -0.2) is 4.79 Å². The molecule has 1 aromatic rings. The molecule has 6 nitrogen and oxygen atoms in total. The van der Waals surface area contributed by atoms with Gasteiger partial charge in [0.25, 0.3) is 0 Å². The first-order chi connectivity index (χ1) is 9.56. The Hall–Kier alpha value is -1.92. The highest BCUT2D eigenvalue weighted by atomic mass is 16.5. The van der Waals surface area contributed by atoms with Crippen LogP contribution in [0.5, 0.6) is 0 Å². The van der Waals surface area contributed by atoms with Crippen molar-refractivity contribution in [2.45, 2.75) is 19.1 Å². The maximum absolute atomic E-state index is 11.8. The lowest BCUT2D eigenvalue weighted by Gasteiger charge is -2.13. The standard InChI is InChI=1S/C14H19NO5/c1-19-8-11-5-3-4-10(6-11)7-13(16)15-12(9-20-2)14(17)18/h3-6,12H,7-9H2,1-2H3,(H,15,16)(H,17,18). The lowest BCUT2D eigenvalue weighted by atomic mass is 10.1. The summed E-state index contributed by atoms with van der Waals surface area (Å²) < 4.78 is 9.78. The summed E-state index contributed by atoms with van der Waals surface area (Å²) in [6, 6.07) is 6.37. The van der Waals surface area contributed by atoms with Crippen LogP contribution >= 0.6 is 0 Å². The van der Waals surface area contributed by atoms with Crippen LogP contribution in [0.15, 0.2) is 24.3 Å². The Morgan fingerprint density at radius 1 is 1.25 bits per heavy atom. The largest absolute Gasteiger partial charge is 0.480 e. The van der Waals surface area contributed by atoms with Crippen LogP contribution in [0.3, 0.4) is 0 Å². The average Bonchev–Trinajstić information content (AvgIpc) is 2.38. The number of hydrogen-bond acceptors (Lipinski definition) is 4. The number of carbonyl (C=O) groups is 2. The number of ether oxygens (including phenoxy) is 2. The Bertz CT molecular complexity index is 461. The fourth-order valence-electron chi connectivity index (χ4n) is 1.77. The summed E-state index contributed by atoms with van der Waals surface area (Å²) in [4.78, 5) is 22.7. The van der Waals surface area contributed by atoms with Crippen molar-refractivity contribution in [2.24, 2.45) is 0 Å². The molecule has 0 spiro atoms. The van der Waals surface area contributed by atoms with E-state index in [2.05, 4.69) is 5.32 Å². The number of carboxylic acid groups (broad SMARTS) is 1. The molecule has 1 unspecified atom stereocenters. The molecule has 1 aromatic carbocycles. The minimum absolute atomic E-state index is 0.0647. The molecule has 0 fully saturated rings. The molecule has 0 bridgehead atoms. The van der Waals surface area contributed by atoms with E-state index in [1.54, 1.807) is 7.11 Å². The van der Waals surface area contributed by atoms with Crippen LogP contribution in [0, 0.1) is 0 Å². The van der Waals surface area contributed by atoms with E-state index >= 15 is 0 Å². The zero-order valence-electron chi connectivity index (χ0n) is 11.6. The highest BCUT2D eigenvalue weighted by molar-refractivity contribution is 5.84. The van der Waals surface area contributed by atoms with E-state index in [1.165, 1.54) is 7.11 Å². The number of amides is 1. The van der Waals surface area contributed by atoms with Crippen LogP contribution in [-0.4, -0.2) is 43.9 Å². The maximum atomic E-state index is 11.8. The molecule has 0 aromatic heterocycles. The van der Waals surface area contributed by atoms with E-state index in [0.717, 1.165) is 11.1 Å². The van der Waals surface area contributed by atoms with Gasteiger partial charge in [0.05, 0.1) is 19.6 Å². The number of carbonyl (C=O) groups excluding carboxylic acids is 1. The molecule has 2 N–H and O–H groups in total. The molecule has 0 heterocycles. The molecule has 1 amide bonds. The van der Waals surface area contributed by atoms with Crippen molar-refractivity contribution in [1.82, 2.24) is 5.32 Å². The summed E-state index contributed by atoms with van der Waals surface area (Å²) in [6.07, 6.45) is 0.116. The zero-order chi connectivity index (χ0) is 15.0. The van der Waals surface area contributed by atoms with Crippen molar-refractivity contribution in [3.63, 3.8) is 0 Å². The fourth-order valence-corrected chi connectivity index (χ4v) is 1.77. The SMILES string of the molecule is COCc1cccc(CC(=O)NC(COC)C(=O)O)c1. The van der Waals surface area contributed by atoms with E-state index < -0.39 is 12.0 Å². The second kappa shape index (κ2) is 8.29. The van der Waals surface area contributed by atoms with Gasteiger partial charge in [-0.15, -0.1) is 0 Å². The van der Waals surface area contributed by atoms with Gasteiger partial charge in [-0.3, -0.25) is 4.79 Å². The van der Waals surface area contributed by atoms with Gasteiger partial charge >= 0.3 is 5.97 Å². The summed E-state index contributed by atoms with van der Waals surface area (Å²) in [5.41, 5.74) is 1.77. The van der Waals surface area contributed by atoms with Crippen LogP contribution in [0.25, 0.3) is 0 Å². The number of rotatable bonds is 8. The molecular formula is C14H19NO5. The first-order valence-electron chi connectivity index (χ1n) is 6.14. The first kappa shape index (κ1) is 16.1. The summed E-state index contributed by atoms with van der Waals surface area (Å²) in [5.74, 6) is -1.47. The zero-order valence-corrected chi connectivity index (χ0v) is 11.6. The molecule has 6 heteroatoms. The van der Waals surface area contributed by atoms with Crippen LogP contribution in [0.4, 0.5) is 0 Å². The van der Waals surface area contributed by atoms with Crippen molar-refractivity contribution >= 4 is 11.9 Å². The van der Waals surface area contributed by atoms with Crippen LogP contribution in [0.1, 0.15) is 11.1 Å². The van der Waals surface area contributed by atoms with E-state index in [0.29, 0.717) is 6.61 Å². The smallest absolute Gasteiger partial charge is 0.328 e. The highest BCUT2D eigenvalue weighted by Gasteiger charge is 2.19. The summed E-state index contributed by atoms with van der Waals surface area (Å²) in [6.45, 7) is 0.404. The highest BCUT2D eigenvalue weighted by Crippen LogP contribution is 2.07. The van der Waals surface area contributed by atoms with Gasteiger partial charge in [-0.2, -0.15) is 0 Å². The van der Waals surface area contributed by atoms with Gasteiger partial charge < -0.3 is 19.9 Å². The van der Waals surface area contributed by atoms with E-state index in [4.69, 9.17) is 14.6 Å². The van der Waals surface area contributed by atoms with Crippen LogP contribution < -0.4 is 5.32 Å². The first-order valence-corrected chi connectivity index (χ1v) is 6.14. The van der Waals surface area contributed by atoms with Crippen molar-refractivity contribution in [3.05, 3.63) is 35.4 Å². The van der Waals surface area contributed by atoms with Gasteiger partial charge in [-0.05, 0) is 11.1 Å². The summed E-state index contributed by atoms with van der Waals surface area (Å²) in [7, 11) is 2.98. The Kier molecular flexibility index (Phi) is 6.69. The second-order valence-electron chi connectivity index (χ2n) is 4.34. The molecule has 0 radical (unpaired) electrons. The normalized spacial score (nSPS) is 11.9. The predicted molar refractivity (Wildman–Crippen MR) is 72.3 cm³/mol. The van der Waals surface area contributed by atoms with Crippen molar-refractivity contribution in [2.75, 3.05) is 20.8 Å². The van der Waals surface area contributed by atoms with Crippen molar-refractivity contribution in [1.29, 1.82) is 0 Å². The minimum Gasteiger partial charge on any atom is -0.480 e. The average molecular weight is 281 g/mol. The Morgan fingerprint density at radius 3 is 2.55 bits per heavy atom. The quantitative estimate of drug-likeness (QED) is 0.728. The lowest BCUT2D eigenvalue weighted by Crippen LogP contribution is -2.44. The van der Waals surface area contributed by atoms with Crippen molar-refractivity contribution < 1.29 is 24.2 Å². The molecule has 1 atom stereocenters. The van der Waals surface area contributed by atoms with Crippen LogP contribution in [0.2, 0.25) is 0 Å². The molecule has 0 aliphatic carbocycles. The van der Waals surface area contributed by atoms with Gasteiger partial charge in [-0.1, -0.05) is 24.3 Å². The second-order valence-corrected chi connectivity index (χ2v) is 4.34. The maximum Gasteiger partial charge on any atom is 0.328 e. The van der Waals surface area contributed by atoms with Gasteiger partial charge in [0.1, 0.15) is 0 Å². The summed E-state index contributed by atoms with van der Waals surface area (Å²) in [5, 5.41) is 11.3. The molecule has 0 aliphatic heterocycles. The molecule has 0 saturated carbocycles. The van der Waals surface area contributed by atoms with Gasteiger partial charge in [0, 0.05) is 14.2 Å². The van der Waals surface area contributed by atoms with Crippen LogP contribution in [-0.2, 0) is 32.1 Å². The molecule has 20 heavy (non-hydrogen) atoms. The monoisotopic (exact) mass is 281 g/mol. The molecule has 1 rings (SSSR count). The Balaban J connectivity index is 2.61. The third-order valence-corrected chi connectivity index (χ3v) is 2.63. The Labute approximate surface area is 117 Å². The Morgan fingerprint density at radius 2 is 1.95 bits per heavy atom. The summed E-state index contributed by atoms with van der Waals surface area (Å²) >= 11 is 0. The number of benzene rings is 1. The van der Waals surface area contributed by atoms with E-state index in [9.17, 15) is 9.59 Å². The minimum atomic E-state index is -1.12. The van der Waals surface area contributed by atoms with E-state index in [1.807, 2.05) is 24.3 Å². The fraction of sp³-hybridized carbons (Fsp3) is 0.429. The topological polar surface area (TPSA) is 84.9 Å². The number of carboxylic acids is 1. The predicted octanol–water partition coefficient (Wildman–Crippen LogP) is 0.591. The number of hydrogen-bond donors (Lipinski definition) is 2. The lowest BCUT2D eigenvalue weighted by molar-refractivity contribution is -0.143. The molecular weight excluding hydrogens is 262 g/mol. The van der Waals surface area contributed by atoms with Crippen molar-refractivity contribution in [3.8, 4) is 0 Å². The number of nitrogens with one attached hydrogen (secondary N) is 1. The number of methoxy groups -OCH3 is 2. The van der Waals surface area contributed by atoms with E-state index in [-0.39, 0.29) is 18.9 Å². The van der Waals surface area contributed by atoms with Gasteiger partial charge in [0.15, 0.2) is 6.04 Å². The number of aliphatic carboxylic acids is 1. The molecule has 0 saturated heterocycles. The third kappa shape index (κ3) is 5.38.